The Balaban J connectivity index is 1.92. The number of aromatic nitrogens is 2. The van der Waals surface area contributed by atoms with Crippen LogP contribution in [0.4, 0.5) is 5.88 Å². The highest BCUT2D eigenvalue weighted by Crippen LogP contribution is 2.09. The fourth-order valence-corrected chi connectivity index (χ4v) is 2.96. The monoisotopic (exact) mass is 300 g/mol. The van der Waals surface area contributed by atoms with Crippen LogP contribution in [0.5, 0.6) is 0 Å². The van der Waals surface area contributed by atoms with Crippen LogP contribution in [0, 0.1) is 0 Å². The van der Waals surface area contributed by atoms with Crippen LogP contribution in [-0.2, 0) is 0 Å². The van der Waals surface area contributed by atoms with Gasteiger partial charge in [-0.2, -0.15) is 28.5 Å². The maximum atomic E-state index is 11.5. The zero-order valence-corrected chi connectivity index (χ0v) is 12.2. The minimum atomic E-state index is -0.218. The summed E-state index contributed by atoms with van der Waals surface area (Å²) in [6.07, 6.45) is 3.40. The summed E-state index contributed by atoms with van der Waals surface area (Å²) in [5, 5.41) is 17.5. The number of aliphatic imine (C=N–C) groups is 1. The van der Waals surface area contributed by atoms with Crippen LogP contribution in [0.15, 0.2) is 28.4 Å². The predicted molar refractivity (Wildman–Crippen MR) is 76.6 cm³/mol. The van der Waals surface area contributed by atoms with E-state index in [2.05, 4.69) is 21.9 Å². The van der Waals surface area contributed by atoms with Crippen molar-refractivity contribution in [1.29, 1.82) is 0 Å². The first kappa shape index (κ1) is 14.3. The number of thioether (sulfide) groups is 2. The van der Waals surface area contributed by atoms with Crippen molar-refractivity contribution in [3.63, 3.8) is 0 Å². The van der Waals surface area contributed by atoms with Gasteiger partial charge in [0.25, 0.3) is 6.20 Å². The van der Waals surface area contributed by atoms with Crippen LogP contribution in [0.3, 0.4) is 0 Å². The average Bonchev–Trinajstić information content (AvgIpc) is 2.88. The van der Waals surface area contributed by atoms with E-state index in [1.807, 2.05) is 11.8 Å². The Morgan fingerprint density at radius 1 is 1.68 bits per heavy atom. The van der Waals surface area contributed by atoms with Gasteiger partial charge in [-0.15, -0.1) is 6.58 Å². The molecular weight excluding hydrogens is 284 g/mol. The Bertz CT molecular complexity index is 444. The Morgan fingerprint density at radius 2 is 2.47 bits per heavy atom. The smallest absolute Gasteiger partial charge is 0.324 e. The topological polar surface area (TPSA) is 68.6 Å². The largest absolute Gasteiger partial charge is 0.861 e. The van der Waals surface area contributed by atoms with Gasteiger partial charge in [0.2, 0.25) is 5.27 Å². The fraction of sp³-hybridized carbons (Fsp3) is 0.545. The molecule has 0 atom stereocenters. The molecule has 8 heteroatoms. The van der Waals surface area contributed by atoms with E-state index in [0.29, 0.717) is 5.75 Å². The molecule has 1 aliphatic heterocycles. The van der Waals surface area contributed by atoms with Gasteiger partial charge in [0.05, 0.1) is 17.9 Å². The molecule has 0 unspecified atom stereocenters. The van der Waals surface area contributed by atoms with E-state index < -0.39 is 0 Å². The van der Waals surface area contributed by atoms with Crippen molar-refractivity contribution in [2.45, 2.75) is 0 Å². The molecule has 0 aromatic carbocycles. The zero-order valence-electron chi connectivity index (χ0n) is 10.5. The van der Waals surface area contributed by atoms with Gasteiger partial charge in [-0.05, 0) is 5.90 Å². The summed E-state index contributed by atoms with van der Waals surface area (Å²) in [5.74, 6) is 3.25. The van der Waals surface area contributed by atoms with Gasteiger partial charge in [0.1, 0.15) is 0 Å². The second-order valence-corrected chi connectivity index (χ2v) is 6.09. The molecule has 2 heterocycles. The molecule has 0 amide bonds. The number of hydrogen-bond donors (Lipinski definition) is 0. The first-order valence-corrected chi connectivity index (χ1v) is 8.25. The lowest BCUT2D eigenvalue weighted by atomic mass is 10.6. The maximum absolute atomic E-state index is 11.5. The highest BCUT2D eigenvalue weighted by atomic mass is 32.2. The lowest BCUT2D eigenvalue weighted by Crippen LogP contribution is -2.61. The molecule has 1 aliphatic rings. The number of rotatable bonds is 6. The molecule has 6 nitrogen and oxygen atoms in total. The molecule has 0 N–H and O–H groups in total. The van der Waals surface area contributed by atoms with Crippen molar-refractivity contribution in [1.82, 2.24) is 5.27 Å². The molecule has 0 spiro atoms. The summed E-state index contributed by atoms with van der Waals surface area (Å²) in [4.78, 5) is 5.50. The van der Waals surface area contributed by atoms with Crippen LogP contribution < -0.4 is 14.9 Å². The van der Waals surface area contributed by atoms with E-state index in [4.69, 9.17) is 4.52 Å². The minimum absolute atomic E-state index is 0.218. The average molecular weight is 300 g/mol. The SMILES string of the molecule is C=CCSCC([O-])=Nc1c[n+](N2CCSCC2)no1. The number of hydrogen-bond acceptors (Lipinski definition) is 7. The quantitative estimate of drug-likeness (QED) is 0.241. The van der Waals surface area contributed by atoms with Gasteiger partial charge < -0.3 is 5.11 Å². The van der Waals surface area contributed by atoms with E-state index in [9.17, 15) is 5.11 Å². The lowest BCUT2D eigenvalue weighted by molar-refractivity contribution is -0.757. The Labute approximate surface area is 120 Å². The van der Waals surface area contributed by atoms with Crippen LogP contribution in [0.25, 0.3) is 0 Å². The molecule has 1 saturated heterocycles. The molecule has 19 heavy (non-hydrogen) atoms. The summed E-state index contributed by atoms with van der Waals surface area (Å²) in [7, 11) is 0. The van der Waals surface area contributed by atoms with Crippen molar-refractivity contribution in [3.8, 4) is 0 Å². The van der Waals surface area contributed by atoms with Gasteiger partial charge in [-0.3, -0.25) is 4.52 Å². The Morgan fingerprint density at radius 3 is 3.21 bits per heavy atom. The Kier molecular flexibility index (Phi) is 5.59. The van der Waals surface area contributed by atoms with Gasteiger partial charge in [-0.25, -0.2) is 4.99 Å². The van der Waals surface area contributed by atoms with Crippen LogP contribution in [0.1, 0.15) is 0 Å². The molecule has 1 aromatic rings. The highest BCUT2D eigenvalue weighted by Gasteiger charge is 2.22. The Hall–Kier alpha value is -1.15. The fourth-order valence-electron chi connectivity index (χ4n) is 1.56. The van der Waals surface area contributed by atoms with E-state index in [1.54, 1.807) is 17.1 Å². The molecule has 1 fully saturated rings. The summed E-state index contributed by atoms with van der Waals surface area (Å²) < 4.78 is 5.04. The standard InChI is InChI=1S/C11H16N4O2S2/c1-2-5-19-9-10(16)12-11-8-15(13-17-11)14-3-6-18-7-4-14/h2,8H,1,3-7,9H2. The summed E-state index contributed by atoms with van der Waals surface area (Å²) in [5.41, 5.74) is 0. The third-order valence-electron chi connectivity index (χ3n) is 2.42. The first-order valence-electron chi connectivity index (χ1n) is 5.94. The van der Waals surface area contributed by atoms with Gasteiger partial charge in [-0.1, -0.05) is 6.08 Å². The molecular formula is C11H16N4O2S2. The molecule has 0 bridgehead atoms. The lowest BCUT2D eigenvalue weighted by Gasteiger charge is -2.17. The van der Waals surface area contributed by atoms with E-state index >= 15 is 0 Å². The third-order valence-corrected chi connectivity index (χ3v) is 4.28. The van der Waals surface area contributed by atoms with Crippen LogP contribution in [0.2, 0.25) is 0 Å². The van der Waals surface area contributed by atoms with Gasteiger partial charge in [0, 0.05) is 23.0 Å². The molecule has 104 valence electrons. The third kappa shape index (κ3) is 4.46. The van der Waals surface area contributed by atoms with E-state index in [1.165, 1.54) is 11.8 Å². The van der Waals surface area contributed by atoms with Gasteiger partial charge in [0.15, 0.2) is 0 Å². The summed E-state index contributed by atoms with van der Waals surface area (Å²) >= 11 is 3.39. The normalized spacial score (nSPS) is 16.6. The summed E-state index contributed by atoms with van der Waals surface area (Å²) in [6, 6.07) is 0. The molecule has 0 saturated carbocycles. The van der Waals surface area contributed by atoms with E-state index in [-0.39, 0.29) is 11.8 Å². The highest BCUT2D eigenvalue weighted by molar-refractivity contribution is 8.00. The zero-order chi connectivity index (χ0) is 13.5. The maximum Gasteiger partial charge on any atom is 0.324 e. The predicted octanol–water partition coefficient (Wildman–Crippen LogP) is -0.0436. The van der Waals surface area contributed by atoms with Crippen molar-refractivity contribution in [2.24, 2.45) is 4.99 Å². The van der Waals surface area contributed by atoms with Crippen LogP contribution in [-0.4, -0.2) is 47.3 Å². The minimum Gasteiger partial charge on any atom is -0.861 e. The van der Waals surface area contributed by atoms with Crippen molar-refractivity contribution in [3.05, 3.63) is 18.9 Å². The number of nitrogens with zero attached hydrogens (tertiary/aromatic N) is 4. The first-order chi connectivity index (χ1) is 9.29. The molecule has 0 aliphatic carbocycles. The van der Waals surface area contributed by atoms with Crippen molar-refractivity contribution in [2.75, 3.05) is 41.1 Å². The van der Waals surface area contributed by atoms with Crippen molar-refractivity contribution < 1.29 is 14.4 Å². The van der Waals surface area contributed by atoms with Crippen LogP contribution >= 0.6 is 23.5 Å². The van der Waals surface area contributed by atoms with Crippen molar-refractivity contribution >= 4 is 35.3 Å². The molecule has 2 rings (SSSR count). The van der Waals surface area contributed by atoms with E-state index in [0.717, 1.165) is 30.3 Å². The molecule has 1 aromatic heterocycles. The second-order valence-electron chi connectivity index (χ2n) is 3.84. The second kappa shape index (κ2) is 7.44. The van der Waals surface area contributed by atoms with Gasteiger partial charge >= 0.3 is 5.88 Å². The molecule has 0 radical (unpaired) electrons. The summed E-state index contributed by atoms with van der Waals surface area (Å²) in [6.45, 7) is 5.44.